The van der Waals surface area contributed by atoms with Crippen LogP contribution in [0.25, 0.3) is 0 Å². The van der Waals surface area contributed by atoms with E-state index < -0.39 is 11.9 Å². The number of rotatable bonds is 7. The number of primary amides is 1. The van der Waals surface area contributed by atoms with E-state index in [4.69, 9.17) is 15.6 Å². The number of nitrogens with zero attached hydrogens (tertiary/aromatic N) is 1. The summed E-state index contributed by atoms with van der Waals surface area (Å²) in [4.78, 5) is 34.5. The molecule has 0 saturated carbocycles. The van der Waals surface area contributed by atoms with Gasteiger partial charge in [-0.2, -0.15) is 0 Å². The highest BCUT2D eigenvalue weighted by Gasteiger charge is 2.13. The van der Waals surface area contributed by atoms with Gasteiger partial charge in [-0.15, -0.1) is 0 Å². The van der Waals surface area contributed by atoms with Gasteiger partial charge < -0.3 is 20.5 Å². The summed E-state index contributed by atoms with van der Waals surface area (Å²) in [5, 5.41) is 8.53. The Hall–Kier alpha value is -2.57. The zero-order chi connectivity index (χ0) is 15.1. The molecular weight excluding hydrogens is 264 g/mol. The molecule has 20 heavy (non-hydrogen) atoms. The summed E-state index contributed by atoms with van der Waals surface area (Å²) >= 11 is 0. The van der Waals surface area contributed by atoms with Crippen LogP contribution in [0.1, 0.15) is 16.8 Å². The topological polar surface area (TPSA) is 110 Å². The molecule has 0 fully saturated rings. The quantitative estimate of drug-likeness (QED) is 0.736. The molecule has 1 aromatic carbocycles. The van der Waals surface area contributed by atoms with Gasteiger partial charge in [-0.3, -0.25) is 14.4 Å². The van der Waals surface area contributed by atoms with E-state index in [1.165, 1.54) is 24.1 Å². The second-order valence-electron chi connectivity index (χ2n) is 4.11. The average molecular weight is 280 g/mol. The van der Waals surface area contributed by atoms with Crippen molar-refractivity contribution in [1.82, 2.24) is 4.90 Å². The van der Waals surface area contributed by atoms with Crippen LogP contribution in [0.5, 0.6) is 5.75 Å². The summed E-state index contributed by atoms with van der Waals surface area (Å²) < 4.78 is 5.25. The lowest BCUT2D eigenvalue weighted by molar-refractivity contribution is -0.138. The number of amides is 2. The zero-order valence-electron chi connectivity index (χ0n) is 11.0. The SMILES string of the molecule is CN(CCC(=O)O)C(=O)COc1ccccc1C(N)=O. The van der Waals surface area contributed by atoms with Gasteiger partial charge in [0.05, 0.1) is 12.0 Å². The molecule has 0 aliphatic rings. The van der Waals surface area contributed by atoms with Gasteiger partial charge in [-0.05, 0) is 12.1 Å². The number of hydrogen-bond donors (Lipinski definition) is 2. The number of carboxylic acids is 1. The Morgan fingerprint density at radius 3 is 2.55 bits per heavy atom. The van der Waals surface area contributed by atoms with Gasteiger partial charge in [0.1, 0.15) is 5.75 Å². The van der Waals surface area contributed by atoms with E-state index in [0.717, 1.165) is 0 Å². The van der Waals surface area contributed by atoms with E-state index in [2.05, 4.69) is 0 Å². The number of para-hydroxylation sites is 1. The summed E-state index contributed by atoms with van der Waals surface area (Å²) in [7, 11) is 1.48. The molecule has 7 nitrogen and oxygen atoms in total. The van der Waals surface area contributed by atoms with Crippen LogP contribution < -0.4 is 10.5 Å². The molecule has 0 heterocycles. The lowest BCUT2D eigenvalue weighted by atomic mass is 10.2. The molecule has 0 aromatic heterocycles. The predicted molar refractivity (Wildman–Crippen MR) is 70.3 cm³/mol. The van der Waals surface area contributed by atoms with Gasteiger partial charge >= 0.3 is 5.97 Å². The standard InChI is InChI=1S/C13H16N2O5/c1-15(7-6-12(17)18)11(16)8-20-10-5-3-2-4-9(10)13(14)19/h2-5H,6-8H2,1H3,(H2,14,19)(H,17,18). The number of carbonyl (C=O) groups is 3. The molecule has 0 unspecified atom stereocenters. The molecule has 0 aliphatic heterocycles. The summed E-state index contributed by atoms with van der Waals surface area (Å²) in [6.07, 6.45) is -0.139. The van der Waals surface area contributed by atoms with Crippen molar-refractivity contribution in [1.29, 1.82) is 0 Å². The minimum Gasteiger partial charge on any atom is -0.483 e. The first-order valence-corrected chi connectivity index (χ1v) is 5.89. The van der Waals surface area contributed by atoms with E-state index >= 15 is 0 Å². The van der Waals surface area contributed by atoms with Gasteiger partial charge in [0, 0.05) is 13.6 Å². The Morgan fingerprint density at radius 2 is 1.95 bits per heavy atom. The molecule has 7 heteroatoms. The normalized spacial score (nSPS) is 9.85. The smallest absolute Gasteiger partial charge is 0.305 e. The number of carbonyl (C=O) groups excluding carboxylic acids is 2. The van der Waals surface area contributed by atoms with E-state index in [1.54, 1.807) is 12.1 Å². The highest BCUT2D eigenvalue weighted by atomic mass is 16.5. The summed E-state index contributed by atoms with van der Waals surface area (Å²) in [6.45, 7) is -0.199. The third-order valence-corrected chi connectivity index (χ3v) is 2.59. The van der Waals surface area contributed by atoms with Crippen molar-refractivity contribution >= 4 is 17.8 Å². The Balaban J connectivity index is 2.57. The Kier molecular flexibility index (Phi) is 5.52. The maximum Gasteiger partial charge on any atom is 0.305 e. The predicted octanol–water partition coefficient (Wildman–Crippen LogP) is 0.0974. The molecule has 1 aromatic rings. The first kappa shape index (κ1) is 15.5. The molecular formula is C13H16N2O5. The molecule has 0 atom stereocenters. The number of nitrogens with two attached hydrogens (primary N) is 1. The van der Waals surface area contributed by atoms with Crippen LogP contribution in [0, 0.1) is 0 Å². The molecule has 0 aliphatic carbocycles. The van der Waals surface area contributed by atoms with Crippen molar-refractivity contribution in [3.05, 3.63) is 29.8 Å². The van der Waals surface area contributed by atoms with Gasteiger partial charge in [0.2, 0.25) is 0 Å². The van der Waals surface area contributed by atoms with Gasteiger partial charge in [0.25, 0.3) is 11.8 Å². The molecule has 1 rings (SSSR count). The van der Waals surface area contributed by atoms with Crippen molar-refractivity contribution in [3.8, 4) is 5.75 Å². The maximum absolute atomic E-state index is 11.7. The van der Waals surface area contributed by atoms with E-state index in [-0.39, 0.29) is 36.8 Å². The highest BCUT2D eigenvalue weighted by molar-refractivity contribution is 5.95. The number of aliphatic carboxylic acids is 1. The minimum absolute atomic E-state index is 0.0923. The number of carboxylic acid groups (broad SMARTS) is 1. The number of likely N-dealkylation sites (N-methyl/N-ethyl adjacent to an activating group) is 1. The van der Waals surface area contributed by atoms with Crippen LogP contribution in [0.15, 0.2) is 24.3 Å². The zero-order valence-corrected chi connectivity index (χ0v) is 11.0. The maximum atomic E-state index is 11.7. The van der Waals surface area contributed by atoms with Crippen LogP contribution in [0.2, 0.25) is 0 Å². The number of hydrogen-bond acceptors (Lipinski definition) is 4. The second-order valence-corrected chi connectivity index (χ2v) is 4.11. The average Bonchev–Trinajstić information content (AvgIpc) is 2.42. The van der Waals surface area contributed by atoms with Crippen molar-refractivity contribution in [2.75, 3.05) is 20.2 Å². The molecule has 3 N–H and O–H groups in total. The van der Waals surface area contributed by atoms with Crippen molar-refractivity contribution < 1.29 is 24.2 Å². The first-order chi connectivity index (χ1) is 9.41. The molecule has 0 bridgehead atoms. The highest BCUT2D eigenvalue weighted by Crippen LogP contribution is 2.17. The molecule has 0 saturated heterocycles. The summed E-state index contributed by atoms with van der Waals surface area (Å²) in [5.41, 5.74) is 5.37. The molecule has 0 spiro atoms. The summed E-state index contributed by atoms with van der Waals surface area (Å²) in [5.74, 6) is -1.79. The molecule has 108 valence electrons. The minimum atomic E-state index is -0.982. The first-order valence-electron chi connectivity index (χ1n) is 5.89. The molecule has 2 amide bonds. The fourth-order valence-electron chi connectivity index (χ4n) is 1.43. The van der Waals surface area contributed by atoms with Crippen LogP contribution in [-0.2, 0) is 9.59 Å². The van der Waals surface area contributed by atoms with E-state index in [0.29, 0.717) is 0 Å². The fraction of sp³-hybridized carbons (Fsp3) is 0.308. The van der Waals surface area contributed by atoms with Gasteiger partial charge in [-0.25, -0.2) is 0 Å². The third kappa shape index (κ3) is 4.60. The van der Waals surface area contributed by atoms with Gasteiger partial charge in [0.15, 0.2) is 6.61 Å². The second kappa shape index (κ2) is 7.13. The number of ether oxygens (including phenoxy) is 1. The Morgan fingerprint density at radius 1 is 1.30 bits per heavy atom. The largest absolute Gasteiger partial charge is 0.483 e. The van der Waals surface area contributed by atoms with Crippen LogP contribution in [0.4, 0.5) is 0 Å². The van der Waals surface area contributed by atoms with Gasteiger partial charge in [-0.1, -0.05) is 12.1 Å². The summed E-state index contributed by atoms with van der Waals surface area (Å²) in [6, 6.07) is 6.31. The monoisotopic (exact) mass is 280 g/mol. The fourth-order valence-corrected chi connectivity index (χ4v) is 1.43. The van der Waals surface area contributed by atoms with Crippen LogP contribution in [-0.4, -0.2) is 48.0 Å². The van der Waals surface area contributed by atoms with Crippen molar-refractivity contribution in [2.24, 2.45) is 5.73 Å². The lowest BCUT2D eigenvalue weighted by Crippen LogP contribution is -2.33. The Bertz CT molecular complexity index is 515. The molecule has 0 radical (unpaired) electrons. The Labute approximate surface area is 115 Å². The van der Waals surface area contributed by atoms with Crippen molar-refractivity contribution in [2.45, 2.75) is 6.42 Å². The lowest BCUT2D eigenvalue weighted by Gasteiger charge is -2.16. The van der Waals surface area contributed by atoms with E-state index in [9.17, 15) is 14.4 Å². The van der Waals surface area contributed by atoms with Crippen molar-refractivity contribution in [3.63, 3.8) is 0 Å². The number of benzene rings is 1. The van der Waals surface area contributed by atoms with Crippen LogP contribution in [0.3, 0.4) is 0 Å². The van der Waals surface area contributed by atoms with E-state index in [1.807, 2.05) is 0 Å². The van der Waals surface area contributed by atoms with Crippen LogP contribution >= 0.6 is 0 Å². The third-order valence-electron chi connectivity index (χ3n) is 2.59.